The first-order chi connectivity index (χ1) is 7.54. The van der Waals surface area contributed by atoms with E-state index in [9.17, 15) is 5.11 Å². The predicted molar refractivity (Wildman–Crippen MR) is 68.5 cm³/mol. The lowest BCUT2D eigenvalue weighted by Gasteiger charge is -2.19. The molecular formula is C14H23NO. The Morgan fingerprint density at radius 2 is 1.75 bits per heavy atom. The van der Waals surface area contributed by atoms with Gasteiger partial charge in [-0.3, -0.25) is 0 Å². The van der Waals surface area contributed by atoms with Crippen LogP contribution in [0.4, 0.5) is 0 Å². The second-order valence-corrected chi connectivity index (χ2v) is 4.66. The molecule has 1 rings (SSSR count). The van der Waals surface area contributed by atoms with Gasteiger partial charge >= 0.3 is 0 Å². The third kappa shape index (κ3) is 3.62. The van der Waals surface area contributed by atoms with Crippen molar-refractivity contribution in [2.75, 3.05) is 0 Å². The summed E-state index contributed by atoms with van der Waals surface area (Å²) in [6, 6.07) is 8.46. The number of aryl methyl sites for hydroxylation is 1. The standard InChI is InChI=1S/C14H23NO/c1-4-12-5-7-13(8-6-12)10(2)9-14(16)11(3)15/h5-8,10-11,14,16H,4,9,15H2,1-3H3. The highest BCUT2D eigenvalue weighted by Gasteiger charge is 2.15. The van der Waals surface area contributed by atoms with Crippen molar-refractivity contribution in [2.45, 2.75) is 51.7 Å². The highest BCUT2D eigenvalue weighted by Crippen LogP contribution is 2.21. The van der Waals surface area contributed by atoms with Gasteiger partial charge in [-0.05, 0) is 36.8 Å². The van der Waals surface area contributed by atoms with Crippen molar-refractivity contribution in [2.24, 2.45) is 5.73 Å². The summed E-state index contributed by atoms with van der Waals surface area (Å²) in [5, 5.41) is 9.73. The maximum Gasteiger partial charge on any atom is 0.0694 e. The largest absolute Gasteiger partial charge is 0.392 e. The van der Waals surface area contributed by atoms with Crippen LogP contribution in [0.2, 0.25) is 0 Å². The fraction of sp³-hybridized carbons (Fsp3) is 0.571. The van der Waals surface area contributed by atoms with Crippen molar-refractivity contribution >= 4 is 0 Å². The maximum absolute atomic E-state index is 9.73. The van der Waals surface area contributed by atoms with E-state index in [2.05, 4.69) is 38.1 Å². The van der Waals surface area contributed by atoms with Crippen LogP contribution in [0.5, 0.6) is 0 Å². The molecule has 0 heterocycles. The molecule has 0 aliphatic carbocycles. The molecule has 0 aromatic heterocycles. The molecule has 0 fully saturated rings. The molecule has 3 unspecified atom stereocenters. The smallest absolute Gasteiger partial charge is 0.0694 e. The number of aliphatic hydroxyl groups excluding tert-OH is 1. The van der Waals surface area contributed by atoms with E-state index in [4.69, 9.17) is 5.73 Å². The van der Waals surface area contributed by atoms with Gasteiger partial charge in [-0.2, -0.15) is 0 Å². The summed E-state index contributed by atoms with van der Waals surface area (Å²) < 4.78 is 0. The normalized spacial score (nSPS) is 16.8. The summed E-state index contributed by atoms with van der Waals surface area (Å²) in [6.45, 7) is 6.13. The lowest BCUT2D eigenvalue weighted by molar-refractivity contribution is 0.134. The summed E-state index contributed by atoms with van der Waals surface area (Å²) >= 11 is 0. The van der Waals surface area contributed by atoms with Crippen molar-refractivity contribution in [1.29, 1.82) is 0 Å². The second-order valence-electron chi connectivity index (χ2n) is 4.66. The minimum atomic E-state index is -0.416. The zero-order chi connectivity index (χ0) is 12.1. The second kappa shape index (κ2) is 6.02. The highest BCUT2D eigenvalue weighted by atomic mass is 16.3. The lowest BCUT2D eigenvalue weighted by Crippen LogP contribution is -2.32. The van der Waals surface area contributed by atoms with E-state index in [0.717, 1.165) is 12.8 Å². The van der Waals surface area contributed by atoms with E-state index >= 15 is 0 Å². The van der Waals surface area contributed by atoms with Crippen molar-refractivity contribution < 1.29 is 5.11 Å². The van der Waals surface area contributed by atoms with Crippen LogP contribution in [-0.4, -0.2) is 17.3 Å². The van der Waals surface area contributed by atoms with Crippen LogP contribution < -0.4 is 5.73 Å². The Labute approximate surface area is 98.5 Å². The third-order valence-electron chi connectivity index (χ3n) is 3.16. The zero-order valence-electron chi connectivity index (χ0n) is 10.5. The topological polar surface area (TPSA) is 46.2 Å². The lowest BCUT2D eigenvalue weighted by atomic mass is 9.92. The molecule has 3 N–H and O–H groups in total. The van der Waals surface area contributed by atoms with Crippen LogP contribution in [0.15, 0.2) is 24.3 Å². The Kier molecular flexibility index (Phi) is 4.97. The van der Waals surface area contributed by atoms with Gasteiger partial charge in [-0.25, -0.2) is 0 Å². The highest BCUT2D eigenvalue weighted by molar-refractivity contribution is 5.25. The molecule has 1 aromatic carbocycles. The van der Waals surface area contributed by atoms with Gasteiger partial charge in [0, 0.05) is 6.04 Å². The zero-order valence-corrected chi connectivity index (χ0v) is 10.5. The van der Waals surface area contributed by atoms with E-state index in [-0.39, 0.29) is 6.04 Å². The molecule has 0 saturated carbocycles. The number of rotatable bonds is 5. The van der Waals surface area contributed by atoms with Gasteiger partial charge in [0.1, 0.15) is 0 Å². The Morgan fingerprint density at radius 1 is 1.19 bits per heavy atom. The molecule has 2 heteroatoms. The summed E-state index contributed by atoms with van der Waals surface area (Å²) in [7, 11) is 0. The van der Waals surface area contributed by atoms with Crippen LogP contribution in [-0.2, 0) is 6.42 Å². The van der Waals surface area contributed by atoms with E-state index in [1.807, 2.05) is 6.92 Å². The molecule has 0 bridgehead atoms. The van der Waals surface area contributed by atoms with Crippen molar-refractivity contribution in [3.8, 4) is 0 Å². The molecule has 0 saturated heterocycles. The number of nitrogens with two attached hydrogens (primary N) is 1. The molecule has 1 aromatic rings. The number of hydrogen-bond acceptors (Lipinski definition) is 2. The Hall–Kier alpha value is -0.860. The van der Waals surface area contributed by atoms with E-state index < -0.39 is 6.10 Å². The summed E-state index contributed by atoms with van der Waals surface area (Å²) in [6.07, 6.45) is 1.38. The van der Waals surface area contributed by atoms with Crippen LogP contribution in [0, 0.1) is 0 Å². The first-order valence-electron chi connectivity index (χ1n) is 6.07. The number of aliphatic hydroxyl groups is 1. The molecule has 3 atom stereocenters. The van der Waals surface area contributed by atoms with Crippen molar-refractivity contribution in [3.63, 3.8) is 0 Å². The van der Waals surface area contributed by atoms with Gasteiger partial charge in [0.2, 0.25) is 0 Å². The minimum Gasteiger partial charge on any atom is -0.392 e. The van der Waals surface area contributed by atoms with E-state index in [1.54, 1.807) is 0 Å². The molecule has 0 radical (unpaired) electrons. The van der Waals surface area contributed by atoms with Crippen molar-refractivity contribution in [3.05, 3.63) is 35.4 Å². The van der Waals surface area contributed by atoms with Gasteiger partial charge in [-0.15, -0.1) is 0 Å². The Bertz CT molecular complexity index is 305. The van der Waals surface area contributed by atoms with Crippen LogP contribution in [0.1, 0.15) is 44.2 Å². The van der Waals surface area contributed by atoms with Crippen LogP contribution in [0.25, 0.3) is 0 Å². The number of hydrogen-bond donors (Lipinski definition) is 2. The maximum atomic E-state index is 9.73. The SMILES string of the molecule is CCc1ccc(C(C)CC(O)C(C)N)cc1. The molecular weight excluding hydrogens is 198 g/mol. The van der Waals surface area contributed by atoms with E-state index in [0.29, 0.717) is 5.92 Å². The Morgan fingerprint density at radius 3 is 2.19 bits per heavy atom. The summed E-state index contributed by atoms with van der Waals surface area (Å²) in [4.78, 5) is 0. The third-order valence-corrected chi connectivity index (χ3v) is 3.16. The van der Waals surface area contributed by atoms with Gasteiger partial charge < -0.3 is 10.8 Å². The Balaban J connectivity index is 2.62. The van der Waals surface area contributed by atoms with Gasteiger partial charge in [0.15, 0.2) is 0 Å². The van der Waals surface area contributed by atoms with Gasteiger partial charge in [0.25, 0.3) is 0 Å². The quantitative estimate of drug-likeness (QED) is 0.802. The van der Waals surface area contributed by atoms with Crippen molar-refractivity contribution in [1.82, 2.24) is 0 Å². The van der Waals surface area contributed by atoms with Crippen LogP contribution in [0.3, 0.4) is 0 Å². The average molecular weight is 221 g/mol. The van der Waals surface area contributed by atoms with Gasteiger partial charge in [-0.1, -0.05) is 38.1 Å². The first-order valence-corrected chi connectivity index (χ1v) is 6.07. The fourth-order valence-electron chi connectivity index (χ4n) is 1.79. The first kappa shape index (κ1) is 13.2. The molecule has 16 heavy (non-hydrogen) atoms. The average Bonchev–Trinajstić information content (AvgIpc) is 2.28. The summed E-state index contributed by atoms with van der Waals surface area (Å²) in [5.41, 5.74) is 8.28. The molecule has 2 nitrogen and oxygen atoms in total. The molecule has 0 amide bonds. The van der Waals surface area contributed by atoms with E-state index in [1.165, 1.54) is 11.1 Å². The monoisotopic (exact) mass is 221 g/mol. The molecule has 0 spiro atoms. The van der Waals surface area contributed by atoms with Gasteiger partial charge in [0.05, 0.1) is 6.10 Å². The fourth-order valence-corrected chi connectivity index (χ4v) is 1.79. The minimum absolute atomic E-state index is 0.155. The van der Waals surface area contributed by atoms with Crippen LogP contribution >= 0.6 is 0 Å². The molecule has 90 valence electrons. The predicted octanol–water partition coefficient (Wildman–Crippen LogP) is 2.45. The number of benzene rings is 1. The summed E-state index contributed by atoms with van der Waals surface area (Å²) in [5.74, 6) is 0.354. The molecule has 0 aliphatic rings. The molecule has 0 aliphatic heterocycles.